The van der Waals surface area contributed by atoms with Crippen molar-refractivity contribution in [1.82, 2.24) is 20.2 Å². The summed E-state index contributed by atoms with van der Waals surface area (Å²) in [6.07, 6.45) is 5.15. The molecule has 194 valence electrons. The number of aromatic amines is 1. The van der Waals surface area contributed by atoms with Crippen LogP contribution in [0.5, 0.6) is 11.5 Å². The number of nitrogens with two attached hydrogens (primary N) is 1. The molecule has 1 saturated carbocycles. The lowest BCUT2D eigenvalue weighted by Crippen LogP contribution is -2.48. The zero-order valence-corrected chi connectivity index (χ0v) is 20.8. The highest BCUT2D eigenvalue weighted by Gasteiger charge is 2.35. The lowest BCUT2D eigenvalue weighted by atomic mass is 9.82. The molecule has 0 bridgehead atoms. The second-order valence-electron chi connectivity index (χ2n) is 10.3. The Morgan fingerprint density at radius 3 is 2.68 bits per heavy atom. The van der Waals surface area contributed by atoms with Gasteiger partial charge in [0.05, 0.1) is 11.2 Å². The van der Waals surface area contributed by atoms with Gasteiger partial charge in [0, 0.05) is 29.9 Å². The largest absolute Gasteiger partial charge is 0.454 e. The smallest absolute Gasteiger partial charge is 0.231 e. The van der Waals surface area contributed by atoms with Crippen LogP contribution in [0.3, 0.4) is 0 Å². The quantitative estimate of drug-likeness (QED) is 0.332. The van der Waals surface area contributed by atoms with Crippen molar-refractivity contribution in [2.24, 2.45) is 5.73 Å². The van der Waals surface area contributed by atoms with Crippen LogP contribution in [-0.4, -0.2) is 40.0 Å². The van der Waals surface area contributed by atoms with Gasteiger partial charge < -0.3 is 25.4 Å². The molecule has 0 atom stereocenters. The van der Waals surface area contributed by atoms with Gasteiger partial charge in [0.25, 0.3) is 0 Å². The van der Waals surface area contributed by atoms with E-state index in [1.54, 1.807) is 6.08 Å². The Hall–Kier alpha value is -4.18. The molecule has 0 unspecified atom stereocenters. The lowest BCUT2D eigenvalue weighted by molar-refractivity contribution is 0.174. The highest BCUT2D eigenvalue weighted by molar-refractivity contribution is 5.93. The van der Waals surface area contributed by atoms with E-state index >= 15 is 4.39 Å². The summed E-state index contributed by atoms with van der Waals surface area (Å²) < 4.78 is 26.1. The van der Waals surface area contributed by atoms with E-state index in [9.17, 15) is 0 Å². The summed E-state index contributed by atoms with van der Waals surface area (Å²) in [5, 5.41) is 11.0. The van der Waals surface area contributed by atoms with Crippen molar-refractivity contribution in [2.75, 3.05) is 30.1 Å². The van der Waals surface area contributed by atoms with Gasteiger partial charge in [0.1, 0.15) is 5.82 Å². The fraction of sp³-hybridized carbons (Fsp3) is 0.321. The van der Waals surface area contributed by atoms with Crippen molar-refractivity contribution in [3.8, 4) is 11.5 Å². The van der Waals surface area contributed by atoms with E-state index in [-0.39, 0.29) is 24.3 Å². The van der Waals surface area contributed by atoms with Crippen LogP contribution < -0.4 is 25.4 Å². The monoisotopic (exact) mass is 513 g/mol. The summed E-state index contributed by atoms with van der Waals surface area (Å²) in [4.78, 5) is 11.8. The molecule has 4 aromatic rings. The van der Waals surface area contributed by atoms with Gasteiger partial charge in [-0.15, -0.1) is 0 Å². The molecule has 3 aliphatic rings. The number of hydrogen-bond acceptors (Lipinski definition) is 8. The number of nitrogens with zero attached hydrogens (tertiary/aromatic N) is 4. The number of nitrogens with one attached hydrogen (secondary N) is 2. The number of aromatic nitrogens is 4. The number of H-pyrrole nitrogens is 1. The van der Waals surface area contributed by atoms with E-state index in [4.69, 9.17) is 25.2 Å². The van der Waals surface area contributed by atoms with E-state index in [0.29, 0.717) is 43.4 Å². The number of anilines is 3. The molecule has 0 amide bonds. The molecule has 1 saturated heterocycles. The molecule has 2 aliphatic heterocycles. The van der Waals surface area contributed by atoms with Gasteiger partial charge in [-0.1, -0.05) is 24.8 Å². The van der Waals surface area contributed by atoms with Gasteiger partial charge in [0.2, 0.25) is 12.7 Å². The normalized spacial score (nSPS) is 18.1. The molecule has 2 fully saturated rings. The molecule has 4 heterocycles. The Morgan fingerprint density at radius 1 is 1.08 bits per heavy atom. The Kier molecular flexibility index (Phi) is 5.26. The third-order valence-electron chi connectivity index (χ3n) is 7.78. The molecular weight excluding hydrogens is 485 g/mol. The van der Waals surface area contributed by atoms with E-state index in [2.05, 4.69) is 27.0 Å². The molecule has 7 rings (SSSR count). The number of ether oxygens (including phenoxy) is 2. The molecule has 1 aliphatic carbocycles. The number of benzene rings is 2. The second kappa shape index (κ2) is 8.70. The third kappa shape index (κ3) is 3.92. The Balaban J connectivity index is 1.19. The zero-order valence-electron chi connectivity index (χ0n) is 20.8. The zero-order chi connectivity index (χ0) is 25.9. The Bertz CT molecular complexity index is 1560. The van der Waals surface area contributed by atoms with Crippen molar-refractivity contribution in [2.45, 2.75) is 37.1 Å². The maximum atomic E-state index is 15.1. The van der Waals surface area contributed by atoms with Crippen LogP contribution in [-0.2, 0) is 5.54 Å². The van der Waals surface area contributed by atoms with Crippen LogP contribution in [0.15, 0.2) is 43.0 Å². The van der Waals surface area contributed by atoms with Crippen molar-refractivity contribution in [3.05, 3.63) is 65.6 Å². The maximum Gasteiger partial charge on any atom is 0.231 e. The van der Waals surface area contributed by atoms with Gasteiger partial charge in [-0.2, -0.15) is 10.1 Å². The van der Waals surface area contributed by atoms with E-state index < -0.39 is 5.54 Å². The molecular formula is C28H28FN7O2. The van der Waals surface area contributed by atoms with Crippen molar-refractivity contribution >= 4 is 34.6 Å². The SMILES string of the molecule is C=Cc1ccc2nc(N3CCC(N)(c4ccc5c(c4)OCO5)CC3)nc(Nc3n[nH]c(C4CC4)c3F)c2c1. The number of hydrogen-bond donors (Lipinski definition) is 3. The van der Waals surface area contributed by atoms with Gasteiger partial charge in [-0.25, -0.2) is 9.37 Å². The van der Waals surface area contributed by atoms with Crippen LogP contribution in [0.1, 0.15) is 48.4 Å². The number of rotatable bonds is 6. The summed E-state index contributed by atoms with van der Waals surface area (Å²) in [6.45, 7) is 5.44. The van der Waals surface area contributed by atoms with Crippen molar-refractivity contribution in [3.63, 3.8) is 0 Å². The number of fused-ring (bicyclic) bond motifs is 2. The molecule has 2 aromatic carbocycles. The summed E-state index contributed by atoms with van der Waals surface area (Å²) in [5.41, 5.74) is 9.64. The van der Waals surface area contributed by atoms with Crippen LogP contribution in [0.4, 0.5) is 22.0 Å². The van der Waals surface area contributed by atoms with Crippen LogP contribution in [0.2, 0.25) is 0 Å². The maximum absolute atomic E-state index is 15.1. The fourth-order valence-electron chi connectivity index (χ4n) is 5.28. The second-order valence-corrected chi connectivity index (χ2v) is 10.3. The minimum Gasteiger partial charge on any atom is -0.454 e. The predicted molar refractivity (Wildman–Crippen MR) is 143 cm³/mol. The van der Waals surface area contributed by atoms with Gasteiger partial charge in [0.15, 0.2) is 23.1 Å². The third-order valence-corrected chi connectivity index (χ3v) is 7.78. The van der Waals surface area contributed by atoms with Gasteiger partial charge >= 0.3 is 0 Å². The Labute approximate surface area is 218 Å². The predicted octanol–water partition coefficient (Wildman–Crippen LogP) is 4.94. The molecule has 9 nitrogen and oxygen atoms in total. The fourth-order valence-corrected chi connectivity index (χ4v) is 5.28. The van der Waals surface area contributed by atoms with Crippen molar-refractivity contribution in [1.29, 1.82) is 0 Å². The highest BCUT2D eigenvalue weighted by Crippen LogP contribution is 2.42. The molecule has 4 N–H and O–H groups in total. The molecule has 2 aromatic heterocycles. The Morgan fingerprint density at radius 2 is 1.89 bits per heavy atom. The van der Waals surface area contributed by atoms with Crippen molar-refractivity contribution < 1.29 is 13.9 Å². The summed E-state index contributed by atoms with van der Waals surface area (Å²) >= 11 is 0. The minimum absolute atomic E-state index is 0.143. The minimum atomic E-state index is -0.494. The van der Waals surface area contributed by atoms with E-state index in [1.807, 2.05) is 36.4 Å². The first kappa shape index (κ1) is 23.0. The first-order chi connectivity index (χ1) is 18.5. The average molecular weight is 514 g/mol. The van der Waals surface area contributed by atoms with Crippen LogP contribution in [0, 0.1) is 5.82 Å². The van der Waals surface area contributed by atoms with Gasteiger partial charge in [-0.3, -0.25) is 5.10 Å². The standard InChI is InChI=1S/C28H28FN7O2/c1-2-16-3-7-20-19(13-16)25(32-26-23(29)24(34-35-26)17-4-5-17)33-27(31-20)36-11-9-28(30,10-12-36)18-6-8-21-22(14-18)38-15-37-21/h2-3,6-8,13-14,17H,1,4-5,9-12,15,30H2,(H2,31,32,33,34,35). The lowest BCUT2D eigenvalue weighted by Gasteiger charge is -2.39. The van der Waals surface area contributed by atoms with E-state index in [1.165, 1.54) is 0 Å². The highest BCUT2D eigenvalue weighted by atomic mass is 19.1. The summed E-state index contributed by atoms with van der Waals surface area (Å²) in [7, 11) is 0. The molecule has 0 spiro atoms. The first-order valence-corrected chi connectivity index (χ1v) is 12.9. The van der Waals surface area contributed by atoms with Crippen LogP contribution in [0.25, 0.3) is 17.0 Å². The number of halogens is 1. The summed E-state index contributed by atoms with van der Waals surface area (Å²) in [6, 6.07) is 11.8. The first-order valence-electron chi connectivity index (χ1n) is 12.9. The van der Waals surface area contributed by atoms with Crippen LogP contribution >= 0.6 is 0 Å². The number of piperidine rings is 1. The molecule has 0 radical (unpaired) electrons. The topological polar surface area (TPSA) is 114 Å². The molecule has 10 heteroatoms. The van der Waals surface area contributed by atoms with Gasteiger partial charge in [-0.05, 0) is 61.1 Å². The summed E-state index contributed by atoms with van der Waals surface area (Å²) in [5.74, 6) is 2.56. The van der Waals surface area contributed by atoms with E-state index in [0.717, 1.165) is 46.4 Å². The molecule has 38 heavy (non-hydrogen) atoms. The average Bonchev–Trinajstić information content (AvgIpc) is 3.56.